The summed E-state index contributed by atoms with van der Waals surface area (Å²) in [5, 5.41) is 11.0. The van der Waals surface area contributed by atoms with Gasteiger partial charge in [-0.25, -0.2) is 4.98 Å². The Morgan fingerprint density at radius 3 is 2.86 bits per heavy atom. The molecule has 0 aliphatic rings. The van der Waals surface area contributed by atoms with Crippen molar-refractivity contribution in [2.24, 2.45) is 4.99 Å². The standard InChI is InChI=1S/C22H16BrClN2O3/c1-2-28-20-10-15(23)8-14(21(20)27)12-25-17-6-7-19-18(11-17)26-22(29-19)13-4-3-5-16(24)9-13/h3-12,27H,2H2,1H3. The first-order chi connectivity index (χ1) is 14.0. The molecule has 1 N–H and O–H groups in total. The average Bonchev–Trinajstić information content (AvgIpc) is 3.13. The van der Waals surface area contributed by atoms with Gasteiger partial charge in [0.2, 0.25) is 5.89 Å². The van der Waals surface area contributed by atoms with Gasteiger partial charge in [0, 0.05) is 26.8 Å². The van der Waals surface area contributed by atoms with Crippen LogP contribution in [0, 0.1) is 0 Å². The van der Waals surface area contributed by atoms with E-state index in [-0.39, 0.29) is 5.75 Å². The number of aromatic nitrogens is 1. The molecule has 7 heteroatoms. The minimum Gasteiger partial charge on any atom is -0.504 e. The van der Waals surface area contributed by atoms with Crippen LogP contribution in [-0.4, -0.2) is 22.9 Å². The Kier molecular flexibility index (Phi) is 5.56. The second kappa shape index (κ2) is 8.27. The monoisotopic (exact) mass is 470 g/mol. The molecule has 1 aromatic heterocycles. The summed E-state index contributed by atoms with van der Waals surface area (Å²) in [7, 11) is 0. The summed E-state index contributed by atoms with van der Waals surface area (Å²) >= 11 is 9.47. The van der Waals surface area contributed by atoms with Gasteiger partial charge in [-0.15, -0.1) is 0 Å². The third kappa shape index (κ3) is 4.28. The molecular weight excluding hydrogens is 456 g/mol. The summed E-state index contributed by atoms with van der Waals surface area (Å²) in [6, 6.07) is 16.3. The highest BCUT2D eigenvalue weighted by molar-refractivity contribution is 9.10. The maximum absolute atomic E-state index is 10.4. The number of hydrogen-bond donors (Lipinski definition) is 1. The zero-order chi connectivity index (χ0) is 20.4. The number of benzene rings is 3. The van der Waals surface area contributed by atoms with Crippen LogP contribution < -0.4 is 4.74 Å². The number of halogens is 2. The molecule has 0 bridgehead atoms. The zero-order valence-corrected chi connectivity index (χ0v) is 17.7. The summed E-state index contributed by atoms with van der Waals surface area (Å²) in [6.07, 6.45) is 1.59. The Labute approximate surface area is 180 Å². The first kappa shape index (κ1) is 19.5. The largest absolute Gasteiger partial charge is 0.504 e. The van der Waals surface area contributed by atoms with E-state index < -0.39 is 0 Å². The lowest BCUT2D eigenvalue weighted by Gasteiger charge is -2.08. The van der Waals surface area contributed by atoms with Crippen LogP contribution in [0.3, 0.4) is 0 Å². The lowest BCUT2D eigenvalue weighted by molar-refractivity contribution is 0.317. The zero-order valence-electron chi connectivity index (χ0n) is 15.4. The van der Waals surface area contributed by atoms with E-state index in [9.17, 15) is 5.11 Å². The van der Waals surface area contributed by atoms with Crippen LogP contribution >= 0.6 is 27.5 Å². The van der Waals surface area contributed by atoms with Crippen molar-refractivity contribution in [3.05, 3.63) is 69.7 Å². The molecule has 0 aliphatic carbocycles. The SMILES string of the molecule is CCOc1cc(Br)cc(C=Nc2ccc3oc(-c4cccc(Cl)c4)nc3c2)c1O. The fourth-order valence-electron chi connectivity index (χ4n) is 2.84. The number of aromatic hydroxyl groups is 1. The van der Waals surface area contributed by atoms with E-state index in [0.29, 0.717) is 45.6 Å². The molecule has 146 valence electrons. The van der Waals surface area contributed by atoms with Gasteiger partial charge in [0.25, 0.3) is 0 Å². The molecule has 5 nitrogen and oxygen atoms in total. The van der Waals surface area contributed by atoms with Crippen molar-refractivity contribution >= 4 is 50.5 Å². The number of phenols is 1. The van der Waals surface area contributed by atoms with Crippen molar-refractivity contribution < 1.29 is 14.3 Å². The number of hydrogen-bond acceptors (Lipinski definition) is 5. The van der Waals surface area contributed by atoms with Crippen LogP contribution in [0.5, 0.6) is 11.5 Å². The van der Waals surface area contributed by atoms with Crippen LogP contribution in [-0.2, 0) is 0 Å². The molecule has 4 aromatic rings. The van der Waals surface area contributed by atoms with Gasteiger partial charge in [0.15, 0.2) is 17.1 Å². The van der Waals surface area contributed by atoms with E-state index in [1.165, 1.54) is 0 Å². The maximum Gasteiger partial charge on any atom is 0.227 e. The van der Waals surface area contributed by atoms with Gasteiger partial charge in [0.05, 0.1) is 12.3 Å². The average molecular weight is 472 g/mol. The van der Waals surface area contributed by atoms with Crippen LogP contribution in [0.4, 0.5) is 5.69 Å². The number of nitrogens with zero attached hydrogens (tertiary/aromatic N) is 2. The third-order valence-corrected chi connectivity index (χ3v) is 4.86. The summed E-state index contributed by atoms with van der Waals surface area (Å²) in [4.78, 5) is 9.00. The van der Waals surface area contributed by atoms with Gasteiger partial charge < -0.3 is 14.3 Å². The Morgan fingerprint density at radius 1 is 1.21 bits per heavy atom. The fraction of sp³-hybridized carbons (Fsp3) is 0.0909. The summed E-state index contributed by atoms with van der Waals surface area (Å²) in [6.45, 7) is 2.32. The van der Waals surface area contributed by atoms with E-state index in [2.05, 4.69) is 25.9 Å². The first-order valence-corrected chi connectivity index (χ1v) is 10.1. The molecule has 0 radical (unpaired) electrons. The fourth-order valence-corrected chi connectivity index (χ4v) is 3.49. The number of phenolic OH excluding ortho intramolecular Hbond substituents is 1. The molecule has 29 heavy (non-hydrogen) atoms. The molecule has 0 fully saturated rings. The number of aliphatic imine (C=N–C) groups is 1. The van der Waals surface area contributed by atoms with Crippen molar-refractivity contribution in [3.63, 3.8) is 0 Å². The van der Waals surface area contributed by atoms with Crippen molar-refractivity contribution in [2.75, 3.05) is 6.61 Å². The number of rotatable bonds is 5. The van der Waals surface area contributed by atoms with E-state index in [1.807, 2.05) is 37.3 Å². The highest BCUT2D eigenvalue weighted by atomic mass is 79.9. The molecule has 0 aliphatic heterocycles. The number of oxazole rings is 1. The number of fused-ring (bicyclic) bond motifs is 1. The second-order valence-corrected chi connectivity index (χ2v) is 7.57. The first-order valence-electron chi connectivity index (χ1n) is 8.89. The minimum absolute atomic E-state index is 0.0459. The number of ether oxygens (including phenoxy) is 1. The van der Waals surface area contributed by atoms with Crippen LogP contribution in [0.15, 0.2) is 68.5 Å². The van der Waals surface area contributed by atoms with Crippen LogP contribution in [0.1, 0.15) is 12.5 Å². The predicted molar refractivity (Wildman–Crippen MR) is 119 cm³/mol. The van der Waals surface area contributed by atoms with Gasteiger partial charge in [-0.05, 0) is 55.5 Å². The topological polar surface area (TPSA) is 67.9 Å². The van der Waals surface area contributed by atoms with Crippen LogP contribution in [0.2, 0.25) is 5.02 Å². The van der Waals surface area contributed by atoms with Crippen molar-refractivity contribution in [3.8, 4) is 23.0 Å². The molecule has 4 rings (SSSR count). The van der Waals surface area contributed by atoms with E-state index in [1.54, 1.807) is 30.5 Å². The van der Waals surface area contributed by atoms with E-state index >= 15 is 0 Å². The normalized spacial score (nSPS) is 11.4. The summed E-state index contributed by atoms with van der Waals surface area (Å²) in [5.41, 5.74) is 3.37. The van der Waals surface area contributed by atoms with E-state index in [4.69, 9.17) is 20.8 Å². The van der Waals surface area contributed by atoms with E-state index in [0.717, 1.165) is 10.0 Å². The van der Waals surface area contributed by atoms with Gasteiger partial charge in [-0.3, -0.25) is 4.99 Å². The van der Waals surface area contributed by atoms with Crippen molar-refractivity contribution in [1.29, 1.82) is 0 Å². The molecule has 0 unspecified atom stereocenters. The van der Waals surface area contributed by atoms with Crippen molar-refractivity contribution in [1.82, 2.24) is 4.98 Å². The Morgan fingerprint density at radius 2 is 2.07 bits per heavy atom. The third-order valence-electron chi connectivity index (χ3n) is 4.16. The lowest BCUT2D eigenvalue weighted by atomic mass is 10.2. The van der Waals surface area contributed by atoms with Gasteiger partial charge in [-0.1, -0.05) is 33.6 Å². The minimum atomic E-state index is 0.0459. The molecule has 3 aromatic carbocycles. The quantitative estimate of drug-likeness (QED) is 0.326. The summed E-state index contributed by atoms with van der Waals surface area (Å²) < 4.78 is 12.1. The Hall–Kier alpha value is -2.83. The molecule has 0 amide bonds. The molecule has 0 spiro atoms. The molecule has 0 saturated heterocycles. The highest BCUT2D eigenvalue weighted by Crippen LogP contribution is 2.34. The van der Waals surface area contributed by atoms with Crippen LogP contribution in [0.25, 0.3) is 22.6 Å². The molecular formula is C22H16BrClN2O3. The summed E-state index contributed by atoms with van der Waals surface area (Å²) in [5.74, 6) is 0.945. The lowest BCUT2D eigenvalue weighted by Crippen LogP contribution is -1.94. The Balaban J connectivity index is 1.65. The molecule has 0 atom stereocenters. The molecule has 0 saturated carbocycles. The predicted octanol–water partition coefficient (Wildman–Crippen LogP) is 6.77. The van der Waals surface area contributed by atoms with Gasteiger partial charge in [0.1, 0.15) is 5.52 Å². The molecule has 1 heterocycles. The van der Waals surface area contributed by atoms with Crippen molar-refractivity contribution in [2.45, 2.75) is 6.92 Å². The van der Waals surface area contributed by atoms with Gasteiger partial charge in [-0.2, -0.15) is 0 Å². The van der Waals surface area contributed by atoms with Gasteiger partial charge >= 0.3 is 0 Å². The Bertz CT molecular complexity index is 1220. The maximum atomic E-state index is 10.4. The smallest absolute Gasteiger partial charge is 0.227 e. The second-order valence-electron chi connectivity index (χ2n) is 6.21. The highest BCUT2D eigenvalue weighted by Gasteiger charge is 2.11.